The van der Waals surface area contributed by atoms with Gasteiger partial charge < -0.3 is 4.74 Å². The van der Waals surface area contributed by atoms with Crippen LogP contribution < -0.4 is 0 Å². The lowest BCUT2D eigenvalue weighted by Crippen LogP contribution is -2.13. The summed E-state index contributed by atoms with van der Waals surface area (Å²) in [5.41, 5.74) is 0.307. The molecular weight excluding hydrogens is 202 g/mol. The van der Waals surface area contributed by atoms with Gasteiger partial charge in [0.25, 0.3) is 0 Å². The molecule has 1 aromatic rings. The molecule has 0 radical (unpaired) electrons. The number of esters is 1. The van der Waals surface area contributed by atoms with E-state index in [4.69, 9.17) is 0 Å². The summed E-state index contributed by atoms with van der Waals surface area (Å²) < 4.78 is 30.4. The Bertz CT molecular complexity index is 343. The minimum Gasteiger partial charge on any atom is -0.469 e. The predicted molar refractivity (Wildman–Crippen MR) is 51.4 cm³/mol. The van der Waals surface area contributed by atoms with Crippen molar-refractivity contribution in [3.8, 4) is 0 Å². The number of ether oxygens (including phenoxy) is 1. The maximum Gasteiger partial charge on any atom is 0.313 e. The summed E-state index contributed by atoms with van der Waals surface area (Å²) in [6.07, 6.45) is 0.440. The van der Waals surface area contributed by atoms with Gasteiger partial charge in [0.05, 0.1) is 13.0 Å². The minimum atomic E-state index is -0.688. The molecule has 0 amide bonds. The number of hydrogen-bond donors (Lipinski definition) is 0. The number of rotatable bonds is 3. The van der Waals surface area contributed by atoms with Crippen LogP contribution in [0.2, 0.25) is 0 Å². The topological polar surface area (TPSA) is 26.3 Å². The lowest BCUT2D eigenvalue weighted by Gasteiger charge is -2.12. The first-order chi connectivity index (χ1) is 7.08. The molecule has 0 saturated heterocycles. The summed E-state index contributed by atoms with van der Waals surface area (Å²) in [7, 11) is 1.25. The third-order valence-electron chi connectivity index (χ3n) is 2.18. The molecular formula is C11H12F2O2. The molecule has 0 aromatic heterocycles. The quantitative estimate of drug-likeness (QED) is 0.723. The molecule has 0 aliphatic carbocycles. The van der Waals surface area contributed by atoms with Crippen LogP contribution in [0.3, 0.4) is 0 Å². The van der Waals surface area contributed by atoms with E-state index in [0.29, 0.717) is 12.0 Å². The molecule has 1 unspecified atom stereocenters. The van der Waals surface area contributed by atoms with Crippen molar-refractivity contribution in [2.24, 2.45) is 0 Å². The second-order valence-electron chi connectivity index (χ2n) is 3.19. The zero-order valence-corrected chi connectivity index (χ0v) is 8.59. The first-order valence-corrected chi connectivity index (χ1v) is 4.62. The SMILES string of the molecule is CCC(C(=O)OC)c1cc(F)cc(F)c1. The number of carbonyl (C=O) groups is 1. The summed E-state index contributed by atoms with van der Waals surface area (Å²) in [5.74, 6) is -2.47. The molecule has 1 atom stereocenters. The van der Waals surface area contributed by atoms with Gasteiger partial charge in [-0.05, 0) is 24.1 Å². The van der Waals surface area contributed by atoms with Crippen molar-refractivity contribution in [3.63, 3.8) is 0 Å². The standard InChI is InChI=1S/C11H12F2O2/c1-3-10(11(14)15-2)7-4-8(12)6-9(13)5-7/h4-6,10H,3H2,1-2H3. The highest BCUT2D eigenvalue weighted by Crippen LogP contribution is 2.22. The number of halogens is 2. The number of benzene rings is 1. The third kappa shape index (κ3) is 2.75. The van der Waals surface area contributed by atoms with Crippen molar-refractivity contribution >= 4 is 5.97 Å². The highest BCUT2D eigenvalue weighted by Gasteiger charge is 2.20. The van der Waals surface area contributed by atoms with Gasteiger partial charge in [0.1, 0.15) is 11.6 Å². The van der Waals surface area contributed by atoms with Crippen LogP contribution in [-0.4, -0.2) is 13.1 Å². The van der Waals surface area contributed by atoms with Gasteiger partial charge in [-0.3, -0.25) is 4.79 Å². The molecule has 1 rings (SSSR count). The van der Waals surface area contributed by atoms with E-state index in [0.717, 1.165) is 18.2 Å². The first-order valence-electron chi connectivity index (χ1n) is 4.62. The molecule has 0 aliphatic heterocycles. The van der Waals surface area contributed by atoms with E-state index in [-0.39, 0.29) is 0 Å². The van der Waals surface area contributed by atoms with E-state index in [1.54, 1.807) is 6.92 Å². The van der Waals surface area contributed by atoms with Gasteiger partial charge in [-0.2, -0.15) is 0 Å². The zero-order chi connectivity index (χ0) is 11.4. The van der Waals surface area contributed by atoms with Crippen LogP contribution in [0, 0.1) is 11.6 Å². The van der Waals surface area contributed by atoms with E-state index >= 15 is 0 Å². The highest BCUT2D eigenvalue weighted by molar-refractivity contribution is 5.77. The van der Waals surface area contributed by atoms with Crippen molar-refractivity contribution in [1.29, 1.82) is 0 Å². The monoisotopic (exact) mass is 214 g/mol. The lowest BCUT2D eigenvalue weighted by atomic mass is 9.96. The van der Waals surface area contributed by atoms with Gasteiger partial charge in [0.2, 0.25) is 0 Å². The van der Waals surface area contributed by atoms with Crippen molar-refractivity contribution in [2.45, 2.75) is 19.3 Å². The normalized spacial score (nSPS) is 12.3. The third-order valence-corrected chi connectivity index (χ3v) is 2.18. The highest BCUT2D eigenvalue weighted by atomic mass is 19.1. The van der Waals surface area contributed by atoms with Gasteiger partial charge in [0.15, 0.2) is 0 Å². The van der Waals surface area contributed by atoms with Crippen molar-refractivity contribution < 1.29 is 18.3 Å². The number of carbonyl (C=O) groups excluding carboxylic acids is 1. The maximum atomic E-state index is 12.9. The molecule has 2 nitrogen and oxygen atoms in total. The van der Waals surface area contributed by atoms with Crippen LogP contribution in [0.1, 0.15) is 24.8 Å². The zero-order valence-electron chi connectivity index (χ0n) is 8.59. The first kappa shape index (κ1) is 11.6. The number of methoxy groups -OCH3 is 1. The van der Waals surface area contributed by atoms with Gasteiger partial charge in [0, 0.05) is 6.07 Å². The number of hydrogen-bond acceptors (Lipinski definition) is 2. The van der Waals surface area contributed by atoms with Gasteiger partial charge in [-0.25, -0.2) is 8.78 Å². The summed E-state index contributed by atoms with van der Waals surface area (Å²) in [6, 6.07) is 3.07. The fraction of sp³-hybridized carbons (Fsp3) is 0.364. The van der Waals surface area contributed by atoms with Crippen molar-refractivity contribution in [1.82, 2.24) is 0 Å². The fourth-order valence-electron chi connectivity index (χ4n) is 1.46. The van der Waals surface area contributed by atoms with Crippen molar-refractivity contribution in [3.05, 3.63) is 35.4 Å². The van der Waals surface area contributed by atoms with Crippen LogP contribution in [0.4, 0.5) is 8.78 Å². The summed E-state index contributed by atoms with van der Waals surface area (Å²) in [4.78, 5) is 11.3. The van der Waals surface area contributed by atoms with Gasteiger partial charge in [-0.15, -0.1) is 0 Å². The van der Waals surface area contributed by atoms with E-state index in [1.807, 2.05) is 0 Å². The smallest absolute Gasteiger partial charge is 0.313 e. The average molecular weight is 214 g/mol. The minimum absolute atomic E-state index is 0.307. The Morgan fingerprint density at radius 3 is 2.27 bits per heavy atom. The van der Waals surface area contributed by atoms with E-state index in [1.165, 1.54) is 7.11 Å². The van der Waals surface area contributed by atoms with Crippen LogP contribution in [0.25, 0.3) is 0 Å². The van der Waals surface area contributed by atoms with Gasteiger partial charge >= 0.3 is 5.97 Å². The van der Waals surface area contributed by atoms with Gasteiger partial charge in [-0.1, -0.05) is 6.92 Å². The molecule has 0 aliphatic rings. The summed E-state index contributed by atoms with van der Waals surface area (Å²) in [6.45, 7) is 1.75. The second kappa shape index (κ2) is 4.87. The molecule has 0 fully saturated rings. The molecule has 0 spiro atoms. The Morgan fingerprint density at radius 2 is 1.87 bits per heavy atom. The molecule has 4 heteroatoms. The molecule has 0 saturated carbocycles. The Labute approximate surface area is 86.9 Å². The predicted octanol–water partition coefficient (Wildman–Crippen LogP) is 2.63. The van der Waals surface area contributed by atoms with Crippen LogP contribution in [-0.2, 0) is 9.53 Å². The van der Waals surface area contributed by atoms with Crippen LogP contribution in [0.15, 0.2) is 18.2 Å². The molecule has 0 heterocycles. The molecule has 82 valence electrons. The van der Waals surface area contributed by atoms with Crippen molar-refractivity contribution in [2.75, 3.05) is 7.11 Å². The summed E-state index contributed by atoms with van der Waals surface area (Å²) >= 11 is 0. The second-order valence-corrected chi connectivity index (χ2v) is 3.19. The average Bonchev–Trinajstić information content (AvgIpc) is 2.17. The molecule has 15 heavy (non-hydrogen) atoms. The van der Waals surface area contributed by atoms with Crippen LogP contribution >= 0.6 is 0 Å². The maximum absolute atomic E-state index is 12.9. The van der Waals surface area contributed by atoms with E-state index in [9.17, 15) is 13.6 Å². The lowest BCUT2D eigenvalue weighted by molar-refractivity contribution is -0.142. The van der Waals surface area contributed by atoms with E-state index < -0.39 is 23.5 Å². The Morgan fingerprint density at radius 1 is 1.33 bits per heavy atom. The Hall–Kier alpha value is -1.45. The molecule has 1 aromatic carbocycles. The largest absolute Gasteiger partial charge is 0.469 e. The van der Waals surface area contributed by atoms with E-state index in [2.05, 4.69) is 4.74 Å². The molecule has 0 bridgehead atoms. The fourth-order valence-corrected chi connectivity index (χ4v) is 1.46. The Balaban J connectivity index is 3.06. The summed E-state index contributed by atoms with van der Waals surface area (Å²) in [5, 5.41) is 0. The Kier molecular flexibility index (Phi) is 3.77. The molecule has 0 N–H and O–H groups in total. The van der Waals surface area contributed by atoms with Crippen LogP contribution in [0.5, 0.6) is 0 Å².